The molecule has 31 heavy (non-hydrogen) atoms. The minimum absolute atomic E-state index is 0.0487. The Morgan fingerprint density at radius 1 is 1.10 bits per heavy atom. The molecule has 1 aromatic rings. The maximum absolute atomic E-state index is 13.2. The standard InChI is InChI=1S/C22H35F3N2O3S/c1-15(2)27(16(3)4)12-13-30-19-9-6-17(7-10-19)20-14-18(22(23,24)25)8-11-21(20)31(28,29)26-5/h8,11,14-17,19,26H,6-7,9-10,12-13H2,1-5H3. The van der Waals surface area contributed by atoms with Gasteiger partial charge in [0, 0.05) is 18.6 Å². The van der Waals surface area contributed by atoms with Crippen LogP contribution in [0.25, 0.3) is 0 Å². The largest absolute Gasteiger partial charge is 0.416 e. The fraction of sp³-hybridized carbons (Fsp3) is 0.727. The molecule has 1 saturated carbocycles. The van der Waals surface area contributed by atoms with Crippen LogP contribution >= 0.6 is 0 Å². The minimum Gasteiger partial charge on any atom is -0.377 e. The smallest absolute Gasteiger partial charge is 0.377 e. The third-order valence-electron chi connectivity index (χ3n) is 6.04. The monoisotopic (exact) mass is 464 g/mol. The van der Waals surface area contributed by atoms with E-state index in [-0.39, 0.29) is 22.5 Å². The fourth-order valence-corrected chi connectivity index (χ4v) is 5.38. The van der Waals surface area contributed by atoms with Crippen molar-refractivity contribution in [1.82, 2.24) is 9.62 Å². The van der Waals surface area contributed by atoms with Gasteiger partial charge in [0.15, 0.2) is 0 Å². The molecule has 9 heteroatoms. The zero-order valence-electron chi connectivity index (χ0n) is 19.0. The van der Waals surface area contributed by atoms with E-state index in [9.17, 15) is 21.6 Å². The number of sulfonamides is 1. The lowest BCUT2D eigenvalue weighted by molar-refractivity contribution is -0.137. The van der Waals surface area contributed by atoms with Crippen LogP contribution in [-0.2, 0) is 20.9 Å². The van der Waals surface area contributed by atoms with Gasteiger partial charge in [-0.3, -0.25) is 4.90 Å². The lowest BCUT2D eigenvalue weighted by Gasteiger charge is -2.33. The first-order valence-electron chi connectivity index (χ1n) is 10.9. The molecule has 0 aromatic heterocycles. The minimum atomic E-state index is -4.52. The zero-order valence-corrected chi connectivity index (χ0v) is 19.8. The summed E-state index contributed by atoms with van der Waals surface area (Å²) in [5.41, 5.74) is -0.577. The van der Waals surface area contributed by atoms with E-state index in [1.54, 1.807) is 0 Å². The van der Waals surface area contributed by atoms with Crippen LogP contribution < -0.4 is 4.72 Å². The molecular formula is C22H35F3N2O3S. The number of halogens is 3. The van der Waals surface area contributed by atoms with Crippen molar-refractivity contribution in [1.29, 1.82) is 0 Å². The number of benzene rings is 1. The molecule has 1 N–H and O–H groups in total. The van der Waals surface area contributed by atoms with Crippen LogP contribution in [0, 0.1) is 0 Å². The Balaban J connectivity index is 2.07. The fourth-order valence-electron chi connectivity index (χ4n) is 4.38. The third kappa shape index (κ3) is 6.91. The molecule has 0 unspecified atom stereocenters. The van der Waals surface area contributed by atoms with Gasteiger partial charge in [-0.1, -0.05) is 0 Å². The summed E-state index contributed by atoms with van der Waals surface area (Å²) in [6.07, 6.45) is -1.89. The maximum atomic E-state index is 13.2. The van der Waals surface area contributed by atoms with Crippen molar-refractivity contribution in [2.24, 2.45) is 0 Å². The number of hydrogen-bond donors (Lipinski definition) is 1. The van der Waals surface area contributed by atoms with Crippen molar-refractivity contribution in [3.05, 3.63) is 29.3 Å². The van der Waals surface area contributed by atoms with Gasteiger partial charge in [0.2, 0.25) is 10.0 Å². The third-order valence-corrected chi connectivity index (χ3v) is 7.53. The first-order chi connectivity index (χ1) is 14.4. The summed E-state index contributed by atoms with van der Waals surface area (Å²) < 4.78 is 72.7. The second-order valence-corrected chi connectivity index (χ2v) is 10.6. The highest BCUT2D eigenvalue weighted by molar-refractivity contribution is 7.89. The van der Waals surface area contributed by atoms with Crippen molar-refractivity contribution < 1.29 is 26.3 Å². The highest BCUT2D eigenvalue weighted by atomic mass is 32.2. The summed E-state index contributed by atoms with van der Waals surface area (Å²) in [7, 11) is -2.59. The topological polar surface area (TPSA) is 58.6 Å². The number of nitrogens with zero attached hydrogens (tertiary/aromatic N) is 1. The first-order valence-corrected chi connectivity index (χ1v) is 12.4. The molecule has 0 saturated heterocycles. The second kappa shape index (κ2) is 10.6. The molecule has 0 heterocycles. The lowest BCUT2D eigenvalue weighted by Crippen LogP contribution is -2.40. The van der Waals surface area contributed by atoms with E-state index >= 15 is 0 Å². The van der Waals surface area contributed by atoms with Gasteiger partial charge in [-0.2, -0.15) is 13.2 Å². The van der Waals surface area contributed by atoms with Gasteiger partial charge in [0.05, 0.1) is 23.2 Å². The molecule has 2 rings (SSSR count). The Morgan fingerprint density at radius 3 is 2.16 bits per heavy atom. The quantitative estimate of drug-likeness (QED) is 0.572. The molecule has 0 radical (unpaired) electrons. The SMILES string of the molecule is CNS(=O)(=O)c1ccc(C(F)(F)F)cc1C1CCC(OCCN(C(C)C)C(C)C)CC1. The van der Waals surface area contributed by atoms with Gasteiger partial charge in [0.1, 0.15) is 0 Å². The molecule has 178 valence electrons. The first kappa shape index (κ1) is 26.1. The zero-order chi connectivity index (χ0) is 23.4. The molecule has 1 aliphatic carbocycles. The van der Waals surface area contributed by atoms with E-state index in [1.807, 2.05) is 0 Å². The summed E-state index contributed by atoms with van der Waals surface area (Å²) in [6, 6.07) is 3.75. The van der Waals surface area contributed by atoms with Crippen LogP contribution in [-0.4, -0.2) is 51.7 Å². The Morgan fingerprint density at radius 2 is 1.68 bits per heavy atom. The van der Waals surface area contributed by atoms with E-state index < -0.39 is 21.8 Å². The van der Waals surface area contributed by atoms with Crippen LogP contribution in [0.15, 0.2) is 23.1 Å². The summed E-state index contributed by atoms with van der Waals surface area (Å²) in [5.74, 6) is -0.247. The van der Waals surface area contributed by atoms with Crippen LogP contribution in [0.2, 0.25) is 0 Å². The Labute approximate surface area is 184 Å². The van der Waals surface area contributed by atoms with Crippen molar-refractivity contribution in [3.8, 4) is 0 Å². The van der Waals surface area contributed by atoms with E-state index in [2.05, 4.69) is 37.3 Å². The number of alkyl halides is 3. The van der Waals surface area contributed by atoms with Crippen molar-refractivity contribution >= 4 is 10.0 Å². The van der Waals surface area contributed by atoms with Crippen LogP contribution in [0.3, 0.4) is 0 Å². The predicted molar refractivity (Wildman–Crippen MR) is 116 cm³/mol. The van der Waals surface area contributed by atoms with E-state index in [4.69, 9.17) is 4.74 Å². The summed E-state index contributed by atoms with van der Waals surface area (Å²) in [4.78, 5) is 2.28. The average Bonchev–Trinajstić information content (AvgIpc) is 2.70. The molecule has 1 fully saturated rings. The normalized spacial score (nSPS) is 20.7. The van der Waals surface area contributed by atoms with Crippen molar-refractivity contribution in [2.75, 3.05) is 20.2 Å². The van der Waals surface area contributed by atoms with Gasteiger partial charge < -0.3 is 4.74 Å². The van der Waals surface area contributed by atoms with E-state index in [1.165, 1.54) is 7.05 Å². The van der Waals surface area contributed by atoms with Crippen LogP contribution in [0.1, 0.15) is 70.4 Å². The molecule has 1 aromatic carbocycles. The van der Waals surface area contributed by atoms with Gasteiger partial charge in [-0.25, -0.2) is 13.1 Å². The predicted octanol–water partition coefficient (Wildman–Crippen LogP) is 4.78. The van der Waals surface area contributed by atoms with Gasteiger partial charge >= 0.3 is 6.18 Å². The number of ether oxygens (including phenoxy) is 1. The average molecular weight is 465 g/mol. The Bertz CT molecular complexity index is 810. The van der Waals surface area contributed by atoms with Crippen LogP contribution in [0.5, 0.6) is 0 Å². The van der Waals surface area contributed by atoms with Gasteiger partial charge in [0.25, 0.3) is 0 Å². The Kier molecular flexibility index (Phi) is 8.95. The van der Waals surface area contributed by atoms with Crippen molar-refractivity contribution in [3.63, 3.8) is 0 Å². The number of hydrogen-bond acceptors (Lipinski definition) is 4. The molecule has 0 aliphatic heterocycles. The lowest BCUT2D eigenvalue weighted by atomic mass is 9.82. The summed E-state index contributed by atoms with van der Waals surface area (Å²) >= 11 is 0. The molecule has 5 nitrogen and oxygen atoms in total. The van der Waals surface area contributed by atoms with Crippen LogP contribution in [0.4, 0.5) is 13.2 Å². The van der Waals surface area contributed by atoms with Gasteiger partial charge in [-0.05, 0) is 90.1 Å². The van der Waals surface area contributed by atoms with E-state index in [0.717, 1.165) is 24.7 Å². The molecule has 0 bridgehead atoms. The molecule has 0 spiro atoms. The molecule has 0 amide bonds. The molecular weight excluding hydrogens is 429 g/mol. The maximum Gasteiger partial charge on any atom is 0.416 e. The van der Waals surface area contributed by atoms with Gasteiger partial charge in [-0.15, -0.1) is 0 Å². The molecule has 1 aliphatic rings. The summed E-state index contributed by atoms with van der Waals surface area (Å²) in [5, 5.41) is 0. The summed E-state index contributed by atoms with van der Waals surface area (Å²) in [6.45, 7) is 10.0. The number of nitrogens with one attached hydrogen (secondary N) is 1. The highest BCUT2D eigenvalue weighted by Gasteiger charge is 2.34. The second-order valence-electron chi connectivity index (χ2n) is 8.73. The molecule has 0 atom stereocenters. The Hall–Kier alpha value is -1.16. The number of rotatable bonds is 9. The van der Waals surface area contributed by atoms with E-state index in [0.29, 0.717) is 44.4 Å². The van der Waals surface area contributed by atoms with Crippen molar-refractivity contribution in [2.45, 2.75) is 88.6 Å². The highest BCUT2D eigenvalue weighted by Crippen LogP contribution is 2.40.